The van der Waals surface area contributed by atoms with Crippen LogP contribution in [0.3, 0.4) is 0 Å². The van der Waals surface area contributed by atoms with Crippen molar-refractivity contribution >= 4 is 12.3 Å². The number of rotatable bonds is 2. The van der Waals surface area contributed by atoms with Crippen molar-refractivity contribution in [1.82, 2.24) is 0 Å². The van der Waals surface area contributed by atoms with Crippen LogP contribution >= 0.6 is 0 Å². The molecule has 0 bridgehead atoms. The minimum absolute atomic E-state index is 0.123. The lowest BCUT2D eigenvalue weighted by Gasteiger charge is -1.97. The average molecular weight is 129 g/mol. The standard InChI is InChI=1S/C4H7N3O2/c1-3(2-8)9-4(5)7-6/h2H,1,6H2,(H2,5,7). The van der Waals surface area contributed by atoms with Crippen LogP contribution in [0.5, 0.6) is 0 Å². The van der Waals surface area contributed by atoms with Crippen LogP contribution in [0, 0.1) is 0 Å². The molecule has 0 unspecified atom stereocenters. The molecule has 5 heteroatoms. The Kier molecular flexibility index (Phi) is 2.89. The molecule has 0 rings (SSSR count). The maximum absolute atomic E-state index is 9.78. The summed E-state index contributed by atoms with van der Waals surface area (Å²) in [6, 6.07) is -0.285. The topological polar surface area (TPSA) is 90.7 Å². The molecule has 0 aromatic rings. The SMILES string of the molecule is C=C(C=O)O/C(N)=N\N. The first-order valence-corrected chi connectivity index (χ1v) is 2.06. The Hall–Kier alpha value is -1.52. The van der Waals surface area contributed by atoms with Crippen molar-refractivity contribution in [2.75, 3.05) is 0 Å². The Morgan fingerprint density at radius 3 is 2.67 bits per heavy atom. The van der Waals surface area contributed by atoms with Gasteiger partial charge in [0.15, 0.2) is 12.0 Å². The average Bonchev–Trinajstić information content (AvgIpc) is 1.87. The highest BCUT2D eigenvalue weighted by Gasteiger charge is 1.93. The van der Waals surface area contributed by atoms with Gasteiger partial charge in [-0.2, -0.15) is 0 Å². The maximum Gasteiger partial charge on any atom is 0.309 e. The predicted octanol–water partition coefficient (Wildman–Crippen LogP) is -1.10. The fourth-order valence-corrected chi connectivity index (χ4v) is 0.185. The lowest BCUT2D eigenvalue weighted by Crippen LogP contribution is -2.17. The number of hydrogen-bond acceptors (Lipinski definition) is 4. The van der Waals surface area contributed by atoms with Crippen LogP contribution in [0.15, 0.2) is 17.4 Å². The van der Waals surface area contributed by atoms with E-state index in [0.717, 1.165) is 0 Å². The molecule has 0 aliphatic rings. The van der Waals surface area contributed by atoms with E-state index in [0.29, 0.717) is 6.29 Å². The first-order chi connectivity index (χ1) is 4.20. The van der Waals surface area contributed by atoms with E-state index in [9.17, 15) is 4.79 Å². The number of hydrazone groups is 1. The predicted molar refractivity (Wildman–Crippen MR) is 32.1 cm³/mol. The summed E-state index contributed by atoms with van der Waals surface area (Å²) >= 11 is 0. The second-order valence-corrected chi connectivity index (χ2v) is 1.15. The van der Waals surface area contributed by atoms with Crippen LogP contribution in [0.1, 0.15) is 0 Å². The Bertz CT molecular complexity index is 152. The minimum Gasteiger partial charge on any atom is -0.422 e. The van der Waals surface area contributed by atoms with Gasteiger partial charge in [0.05, 0.1) is 0 Å². The van der Waals surface area contributed by atoms with Crippen LogP contribution in [0.25, 0.3) is 0 Å². The molecule has 9 heavy (non-hydrogen) atoms. The number of hydrogen-bond donors (Lipinski definition) is 2. The zero-order valence-corrected chi connectivity index (χ0v) is 4.70. The zero-order valence-electron chi connectivity index (χ0n) is 4.70. The normalized spacial score (nSPS) is 10.4. The summed E-state index contributed by atoms with van der Waals surface area (Å²) in [5, 5.41) is 2.93. The third-order valence-electron chi connectivity index (χ3n) is 0.494. The van der Waals surface area contributed by atoms with Crippen molar-refractivity contribution < 1.29 is 9.53 Å². The molecule has 0 saturated carbocycles. The van der Waals surface area contributed by atoms with E-state index < -0.39 is 0 Å². The number of aldehydes is 1. The number of amidine groups is 1. The van der Waals surface area contributed by atoms with Gasteiger partial charge < -0.3 is 16.3 Å². The van der Waals surface area contributed by atoms with E-state index in [2.05, 4.69) is 22.3 Å². The molecule has 0 amide bonds. The number of nitrogens with zero attached hydrogens (tertiary/aromatic N) is 1. The molecule has 0 aromatic carbocycles. The minimum atomic E-state index is -0.285. The second-order valence-electron chi connectivity index (χ2n) is 1.15. The molecule has 0 heterocycles. The summed E-state index contributed by atoms with van der Waals surface area (Å²) in [6.45, 7) is 3.15. The lowest BCUT2D eigenvalue weighted by atomic mass is 10.6. The number of carbonyl (C=O) groups excluding carboxylic acids is 1. The zero-order chi connectivity index (χ0) is 7.28. The highest BCUT2D eigenvalue weighted by Crippen LogP contribution is 1.84. The Balaban J connectivity index is 3.74. The summed E-state index contributed by atoms with van der Waals surface area (Å²) in [5.74, 6) is 4.53. The van der Waals surface area contributed by atoms with Gasteiger partial charge in [-0.3, -0.25) is 4.79 Å². The molecule has 0 aromatic heterocycles. The number of ether oxygens (including phenoxy) is 1. The summed E-state index contributed by atoms with van der Waals surface area (Å²) in [7, 11) is 0. The molecular formula is C4H7N3O2. The quantitative estimate of drug-likeness (QED) is 0.0941. The lowest BCUT2D eigenvalue weighted by molar-refractivity contribution is -0.106. The van der Waals surface area contributed by atoms with Gasteiger partial charge in [0.2, 0.25) is 0 Å². The summed E-state index contributed by atoms with van der Waals surface area (Å²) in [6.07, 6.45) is 0.401. The molecule has 5 nitrogen and oxygen atoms in total. The van der Waals surface area contributed by atoms with Crippen LogP contribution < -0.4 is 11.6 Å². The van der Waals surface area contributed by atoms with Crippen molar-refractivity contribution in [1.29, 1.82) is 0 Å². The molecule has 0 radical (unpaired) electrons. The molecule has 50 valence electrons. The summed E-state index contributed by atoms with van der Waals surface area (Å²) in [5.41, 5.74) is 4.93. The van der Waals surface area contributed by atoms with Gasteiger partial charge in [0.25, 0.3) is 0 Å². The summed E-state index contributed by atoms with van der Waals surface area (Å²) in [4.78, 5) is 9.78. The molecule has 0 atom stereocenters. The Morgan fingerprint density at radius 2 is 2.33 bits per heavy atom. The molecule has 0 fully saturated rings. The van der Waals surface area contributed by atoms with E-state index in [-0.39, 0.29) is 11.8 Å². The Labute approximate surface area is 52.0 Å². The van der Waals surface area contributed by atoms with Gasteiger partial charge in [-0.1, -0.05) is 6.58 Å². The monoisotopic (exact) mass is 129 g/mol. The van der Waals surface area contributed by atoms with Gasteiger partial charge >= 0.3 is 6.02 Å². The fraction of sp³-hybridized carbons (Fsp3) is 0. The fourth-order valence-electron chi connectivity index (χ4n) is 0.185. The van der Waals surface area contributed by atoms with Gasteiger partial charge in [-0.05, 0) is 0 Å². The third kappa shape index (κ3) is 3.10. The highest BCUT2D eigenvalue weighted by molar-refractivity contribution is 5.79. The highest BCUT2D eigenvalue weighted by atomic mass is 16.5. The van der Waals surface area contributed by atoms with Gasteiger partial charge in [0, 0.05) is 0 Å². The van der Waals surface area contributed by atoms with Gasteiger partial charge in [-0.25, -0.2) is 0 Å². The van der Waals surface area contributed by atoms with E-state index in [1.807, 2.05) is 0 Å². The maximum atomic E-state index is 9.78. The van der Waals surface area contributed by atoms with E-state index in [1.165, 1.54) is 0 Å². The largest absolute Gasteiger partial charge is 0.422 e. The van der Waals surface area contributed by atoms with E-state index in [1.54, 1.807) is 0 Å². The van der Waals surface area contributed by atoms with Gasteiger partial charge in [0.1, 0.15) is 0 Å². The van der Waals surface area contributed by atoms with Crippen molar-refractivity contribution in [2.24, 2.45) is 16.7 Å². The van der Waals surface area contributed by atoms with E-state index in [4.69, 9.17) is 5.73 Å². The van der Waals surface area contributed by atoms with Crippen molar-refractivity contribution in [2.45, 2.75) is 0 Å². The van der Waals surface area contributed by atoms with Crippen LogP contribution in [-0.4, -0.2) is 12.3 Å². The van der Waals surface area contributed by atoms with Crippen molar-refractivity contribution in [3.63, 3.8) is 0 Å². The first kappa shape index (κ1) is 7.48. The number of carbonyl (C=O) groups is 1. The molecule has 0 spiro atoms. The molecular weight excluding hydrogens is 122 g/mol. The molecule has 0 aliphatic carbocycles. The van der Waals surface area contributed by atoms with Crippen molar-refractivity contribution in [3.05, 3.63) is 12.3 Å². The van der Waals surface area contributed by atoms with Gasteiger partial charge in [-0.15, -0.1) is 5.10 Å². The number of nitrogens with two attached hydrogens (primary N) is 2. The van der Waals surface area contributed by atoms with Crippen LogP contribution in [0.2, 0.25) is 0 Å². The Morgan fingerprint density at radius 1 is 1.78 bits per heavy atom. The second kappa shape index (κ2) is 3.48. The van der Waals surface area contributed by atoms with E-state index >= 15 is 0 Å². The summed E-state index contributed by atoms with van der Waals surface area (Å²) < 4.78 is 4.39. The van der Waals surface area contributed by atoms with Crippen LogP contribution in [0.4, 0.5) is 0 Å². The third-order valence-corrected chi connectivity index (χ3v) is 0.494. The molecule has 0 aliphatic heterocycles. The van der Waals surface area contributed by atoms with Crippen LogP contribution in [-0.2, 0) is 9.53 Å². The van der Waals surface area contributed by atoms with Crippen molar-refractivity contribution in [3.8, 4) is 0 Å². The molecule has 0 saturated heterocycles. The smallest absolute Gasteiger partial charge is 0.309 e. The molecule has 4 N–H and O–H groups in total. The first-order valence-electron chi connectivity index (χ1n) is 2.06. The number of allylic oxidation sites excluding steroid dienone is 1.